The van der Waals surface area contributed by atoms with Gasteiger partial charge in [0.1, 0.15) is 0 Å². The third-order valence-corrected chi connectivity index (χ3v) is 2.55. The van der Waals surface area contributed by atoms with Crippen molar-refractivity contribution in [3.05, 3.63) is 71.8 Å². The van der Waals surface area contributed by atoms with Gasteiger partial charge in [-0.25, -0.2) is 4.99 Å². The van der Waals surface area contributed by atoms with Crippen molar-refractivity contribution in [2.24, 2.45) is 10.7 Å². The van der Waals surface area contributed by atoms with Crippen LogP contribution < -0.4 is 11.1 Å². The summed E-state index contributed by atoms with van der Waals surface area (Å²) in [6, 6.07) is 18.6. The van der Waals surface area contributed by atoms with E-state index in [2.05, 4.69) is 10.3 Å². The molecule has 0 aromatic heterocycles. The number of nitrogens with zero attached hydrogens (tertiary/aromatic N) is 1. The SMILES string of the molecule is NC(=NCc1ccccc1)NC(=O)c1ccccc1. The van der Waals surface area contributed by atoms with Gasteiger partial charge in [-0.15, -0.1) is 0 Å². The molecule has 2 rings (SSSR count). The largest absolute Gasteiger partial charge is 0.370 e. The molecule has 1 amide bonds. The van der Waals surface area contributed by atoms with E-state index in [1.165, 1.54) is 0 Å². The Kier molecular flexibility index (Phi) is 4.29. The van der Waals surface area contributed by atoms with E-state index < -0.39 is 0 Å². The standard InChI is InChI=1S/C15H15N3O/c16-15(17-11-12-7-3-1-4-8-12)18-14(19)13-9-5-2-6-10-13/h1-10H,11H2,(H3,16,17,18,19). The Hall–Kier alpha value is -2.62. The zero-order valence-corrected chi connectivity index (χ0v) is 10.4. The van der Waals surface area contributed by atoms with Crippen LogP contribution in [0.1, 0.15) is 15.9 Å². The molecule has 0 unspecified atom stereocenters. The molecule has 96 valence electrons. The van der Waals surface area contributed by atoms with Gasteiger partial charge in [0.25, 0.3) is 5.91 Å². The summed E-state index contributed by atoms with van der Waals surface area (Å²) in [7, 11) is 0. The molecule has 0 bridgehead atoms. The summed E-state index contributed by atoms with van der Waals surface area (Å²) in [6.45, 7) is 0.446. The zero-order valence-electron chi connectivity index (χ0n) is 10.4. The zero-order chi connectivity index (χ0) is 13.5. The van der Waals surface area contributed by atoms with Crippen molar-refractivity contribution in [2.45, 2.75) is 6.54 Å². The molecule has 0 aliphatic heterocycles. The number of hydrogen-bond acceptors (Lipinski definition) is 2. The van der Waals surface area contributed by atoms with Gasteiger partial charge in [0, 0.05) is 5.56 Å². The average molecular weight is 253 g/mol. The molecule has 0 aliphatic rings. The topological polar surface area (TPSA) is 67.5 Å². The maximum atomic E-state index is 11.8. The van der Waals surface area contributed by atoms with Crippen molar-refractivity contribution in [1.82, 2.24) is 5.32 Å². The summed E-state index contributed by atoms with van der Waals surface area (Å²) < 4.78 is 0. The minimum Gasteiger partial charge on any atom is -0.370 e. The Morgan fingerprint density at radius 2 is 1.58 bits per heavy atom. The first-order chi connectivity index (χ1) is 9.25. The van der Waals surface area contributed by atoms with Crippen molar-refractivity contribution < 1.29 is 4.79 Å². The Morgan fingerprint density at radius 1 is 1.00 bits per heavy atom. The molecule has 4 heteroatoms. The van der Waals surface area contributed by atoms with Gasteiger partial charge in [-0.2, -0.15) is 0 Å². The molecule has 0 atom stereocenters. The highest BCUT2D eigenvalue weighted by atomic mass is 16.1. The third-order valence-electron chi connectivity index (χ3n) is 2.55. The normalized spacial score (nSPS) is 11.1. The molecule has 0 radical (unpaired) electrons. The number of amides is 1. The van der Waals surface area contributed by atoms with E-state index in [1.807, 2.05) is 36.4 Å². The number of rotatable bonds is 3. The van der Waals surface area contributed by atoms with Crippen LogP contribution in [0.4, 0.5) is 0 Å². The maximum absolute atomic E-state index is 11.8. The van der Waals surface area contributed by atoms with E-state index in [0.717, 1.165) is 5.56 Å². The molecule has 0 spiro atoms. The van der Waals surface area contributed by atoms with Gasteiger partial charge >= 0.3 is 0 Å². The second-order valence-electron chi connectivity index (χ2n) is 4.01. The summed E-state index contributed by atoms with van der Waals surface area (Å²) >= 11 is 0. The fourth-order valence-electron chi connectivity index (χ4n) is 1.58. The first kappa shape index (κ1) is 12.8. The number of hydrogen-bond donors (Lipinski definition) is 2. The molecule has 2 aromatic carbocycles. The van der Waals surface area contributed by atoms with Crippen LogP contribution in [0, 0.1) is 0 Å². The predicted octanol–water partition coefficient (Wildman–Crippen LogP) is 1.93. The Labute approximate surface area is 112 Å². The lowest BCUT2D eigenvalue weighted by molar-refractivity contribution is 0.0976. The Balaban J connectivity index is 1.94. The molecule has 4 nitrogen and oxygen atoms in total. The predicted molar refractivity (Wildman–Crippen MR) is 75.7 cm³/mol. The van der Waals surface area contributed by atoms with Gasteiger partial charge in [-0.05, 0) is 17.7 Å². The van der Waals surface area contributed by atoms with Crippen LogP contribution in [0.15, 0.2) is 65.7 Å². The average Bonchev–Trinajstić information content (AvgIpc) is 2.47. The van der Waals surface area contributed by atoms with E-state index in [4.69, 9.17) is 5.73 Å². The first-order valence-electron chi connectivity index (χ1n) is 5.96. The summed E-state index contributed by atoms with van der Waals surface area (Å²) in [5.41, 5.74) is 7.27. The molecular formula is C15H15N3O. The monoisotopic (exact) mass is 253 g/mol. The summed E-state index contributed by atoms with van der Waals surface area (Å²) in [6.07, 6.45) is 0. The van der Waals surface area contributed by atoms with Crippen molar-refractivity contribution in [2.75, 3.05) is 0 Å². The molecule has 19 heavy (non-hydrogen) atoms. The fourth-order valence-corrected chi connectivity index (χ4v) is 1.58. The van der Waals surface area contributed by atoms with Gasteiger partial charge < -0.3 is 5.73 Å². The van der Waals surface area contributed by atoms with E-state index >= 15 is 0 Å². The lowest BCUT2D eigenvalue weighted by Gasteiger charge is -2.04. The van der Waals surface area contributed by atoms with Crippen LogP contribution in [0.3, 0.4) is 0 Å². The summed E-state index contributed by atoms with van der Waals surface area (Å²) in [5, 5.41) is 2.56. The lowest BCUT2D eigenvalue weighted by Crippen LogP contribution is -2.36. The van der Waals surface area contributed by atoms with Crippen LogP contribution in [0.5, 0.6) is 0 Å². The minimum atomic E-state index is -0.255. The van der Waals surface area contributed by atoms with Crippen LogP contribution in [-0.4, -0.2) is 11.9 Å². The van der Waals surface area contributed by atoms with Crippen molar-refractivity contribution in [1.29, 1.82) is 0 Å². The number of carbonyl (C=O) groups is 1. The number of carbonyl (C=O) groups excluding carboxylic acids is 1. The van der Waals surface area contributed by atoms with Gasteiger partial charge in [0.2, 0.25) is 0 Å². The van der Waals surface area contributed by atoms with Gasteiger partial charge in [-0.3, -0.25) is 10.1 Å². The molecule has 2 aromatic rings. The van der Waals surface area contributed by atoms with Crippen LogP contribution in [0.25, 0.3) is 0 Å². The van der Waals surface area contributed by atoms with Crippen molar-refractivity contribution >= 4 is 11.9 Å². The highest BCUT2D eigenvalue weighted by Gasteiger charge is 2.05. The maximum Gasteiger partial charge on any atom is 0.257 e. The fraction of sp³-hybridized carbons (Fsp3) is 0.0667. The van der Waals surface area contributed by atoms with E-state index in [0.29, 0.717) is 12.1 Å². The lowest BCUT2D eigenvalue weighted by atomic mass is 10.2. The van der Waals surface area contributed by atoms with Crippen LogP contribution in [0.2, 0.25) is 0 Å². The number of nitrogens with two attached hydrogens (primary N) is 1. The molecule has 0 saturated carbocycles. The Bertz CT molecular complexity index is 564. The number of aliphatic imine (C=N–C) groups is 1. The summed E-state index contributed by atoms with van der Waals surface area (Å²) in [5.74, 6) is -0.132. The quantitative estimate of drug-likeness (QED) is 0.648. The molecule has 0 aliphatic carbocycles. The van der Waals surface area contributed by atoms with E-state index in [9.17, 15) is 4.79 Å². The summed E-state index contributed by atoms with van der Waals surface area (Å²) in [4.78, 5) is 15.9. The van der Waals surface area contributed by atoms with Gasteiger partial charge in [0.05, 0.1) is 6.54 Å². The number of guanidine groups is 1. The van der Waals surface area contributed by atoms with Gasteiger partial charge in [-0.1, -0.05) is 48.5 Å². The van der Waals surface area contributed by atoms with Crippen molar-refractivity contribution in [3.8, 4) is 0 Å². The highest BCUT2D eigenvalue weighted by Crippen LogP contribution is 2.00. The van der Waals surface area contributed by atoms with Crippen LogP contribution >= 0.6 is 0 Å². The van der Waals surface area contributed by atoms with Gasteiger partial charge in [0.15, 0.2) is 5.96 Å². The number of nitrogens with one attached hydrogen (secondary N) is 1. The molecular weight excluding hydrogens is 238 g/mol. The molecule has 0 heterocycles. The Morgan fingerprint density at radius 3 is 2.21 bits per heavy atom. The number of benzene rings is 2. The second-order valence-corrected chi connectivity index (χ2v) is 4.01. The van der Waals surface area contributed by atoms with Crippen molar-refractivity contribution in [3.63, 3.8) is 0 Å². The third kappa shape index (κ3) is 3.96. The second kappa shape index (κ2) is 6.35. The molecule has 0 saturated heterocycles. The highest BCUT2D eigenvalue weighted by molar-refractivity contribution is 6.05. The minimum absolute atomic E-state index is 0.123. The molecule has 3 N–H and O–H groups in total. The van der Waals surface area contributed by atoms with E-state index in [-0.39, 0.29) is 11.9 Å². The van der Waals surface area contributed by atoms with Crippen LogP contribution in [-0.2, 0) is 6.54 Å². The smallest absolute Gasteiger partial charge is 0.257 e. The molecule has 0 fully saturated rings. The van der Waals surface area contributed by atoms with E-state index in [1.54, 1.807) is 24.3 Å². The first-order valence-corrected chi connectivity index (χ1v) is 5.96.